The second-order valence-electron chi connectivity index (χ2n) is 0.307. The first kappa shape index (κ1) is 9.06. The largest absolute Gasteiger partial charge is 0.845 e. The van der Waals surface area contributed by atoms with Gasteiger partial charge < -0.3 is 15.3 Å². The minimum absolute atomic E-state index is 0. The van der Waals surface area contributed by atoms with Crippen LogP contribution >= 0.6 is 0 Å². The van der Waals surface area contributed by atoms with E-state index in [9.17, 15) is 0 Å². The average Bonchev–Trinajstić information content (AvgIpc) is 0.811. The van der Waals surface area contributed by atoms with E-state index in [2.05, 4.69) is 0 Å². The molecule has 0 aliphatic carbocycles. The van der Waals surface area contributed by atoms with Crippen molar-refractivity contribution < 1.29 is 15.3 Å². The number of rotatable bonds is 0. The van der Waals surface area contributed by atoms with Gasteiger partial charge in [-0.2, -0.15) is 0 Å². The number of hydrogen-bond acceptors (Lipinski definition) is 3. The predicted molar refractivity (Wildman–Crippen MR) is 15.9 cm³/mol. The Labute approximate surface area is 40.6 Å². The Morgan fingerprint density at radius 1 is 1.40 bits per heavy atom. The molecule has 1 atom stereocenters. The van der Waals surface area contributed by atoms with E-state index in [-0.39, 0.29) is 18.0 Å². The number of hydrogen-bond donors (Lipinski definition) is 1. The zero-order valence-corrected chi connectivity index (χ0v) is 5.52. The average molecular weight is 140 g/mol. The van der Waals surface area contributed by atoms with Crippen LogP contribution in [0, 0.1) is 0 Å². The minimum atomic E-state index is -2.67. The maximum Gasteiger partial charge on any atom is -0.110 e. The molecule has 0 radical (unpaired) electrons. The molecule has 3 nitrogen and oxygen atoms in total. The van der Waals surface area contributed by atoms with Gasteiger partial charge in [0.1, 0.15) is 0 Å². The molecule has 0 heterocycles. The van der Waals surface area contributed by atoms with Gasteiger partial charge in [0, 0.05) is 0 Å². The fourth-order valence-corrected chi connectivity index (χ4v) is 0. The van der Waals surface area contributed by atoms with Crippen molar-refractivity contribution in [1.29, 1.82) is 0 Å². The van der Waals surface area contributed by atoms with Crippen molar-refractivity contribution in [3.05, 3.63) is 0 Å². The second-order valence-corrected chi connectivity index (χ2v) is 0.307. The molecular weight excluding hydrogens is 135 g/mol. The Bertz CT molecular complexity index is 11.6. The summed E-state index contributed by atoms with van der Waals surface area (Å²) in [5.74, 6) is 0. The van der Waals surface area contributed by atoms with Crippen LogP contribution in [0.15, 0.2) is 0 Å². The van der Waals surface area contributed by atoms with Crippen LogP contribution in [-0.2, 0) is 0 Å². The molecule has 0 aromatic carbocycles. The van der Waals surface area contributed by atoms with E-state index < -0.39 is 6.48 Å². The van der Waals surface area contributed by atoms with E-state index >= 15 is 0 Å². The molecule has 0 amide bonds. The van der Waals surface area contributed by atoms with Crippen LogP contribution in [0.1, 0.15) is 0 Å². The maximum atomic E-state index is 8.53. The third-order valence-corrected chi connectivity index (χ3v) is 0. The first-order valence-corrected chi connectivity index (χ1v) is 0.730. The quantitative estimate of drug-likeness (QED) is 0.274. The monoisotopic (exact) mass is 140 g/mol. The Balaban J connectivity index is 0. The summed E-state index contributed by atoms with van der Waals surface area (Å²) >= 11 is 0. The van der Waals surface area contributed by atoms with Gasteiger partial charge in [0.2, 0.25) is 0 Å². The van der Waals surface area contributed by atoms with Crippen LogP contribution in [0.5, 0.6) is 0 Å². The van der Waals surface area contributed by atoms with Crippen LogP contribution in [0.25, 0.3) is 0 Å². The summed E-state index contributed by atoms with van der Waals surface area (Å²) in [7, 11) is 0. The Morgan fingerprint density at radius 2 is 1.40 bits per heavy atom. The first-order valence-electron chi connectivity index (χ1n) is 0.730. The van der Waals surface area contributed by atoms with Gasteiger partial charge in [-0.05, 0) is 0 Å². The van der Waals surface area contributed by atoms with E-state index in [0.29, 0.717) is 0 Å². The topological polar surface area (TPSA) is 66.3 Å². The zero-order chi connectivity index (χ0) is 3.58. The Kier molecular flexibility index (Phi) is 8.04. The summed E-state index contributed by atoms with van der Waals surface area (Å²) in [5, 5.41) is 24.0. The van der Waals surface area contributed by atoms with Gasteiger partial charge in [-0.1, -0.05) is 0 Å². The van der Waals surface area contributed by atoms with Gasteiger partial charge >= 0.3 is 18.0 Å². The molecule has 0 rings (SSSR count). The van der Waals surface area contributed by atoms with E-state index in [4.69, 9.17) is 15.3 Å². The summed E-state index contributed by atoms with van der Waals surface area (Å²) in [5.41, 5.74) is 0. The van der Waals surface area contributed by atoms with Gasteiger partial charge in [-0.15, -0.1) is 6.48 Å². The fourth-order valence-electron chi connectivity index (χ4n) is 0. The normalized spacial score (nSPS) is 7.20. The minimum Gasteiger partial charge on any atom is -0.845 e. The molecule has 34 valence electrons. The Hall–Kier alpha value is 0.438. The molecule has 1 N–H and O–H groups in total. The molecule has 0 bridgehead atoms. The third kappa shape index (κ3) is 137. The van der Waals surface area contributed by atoms with Crippen molar-refractivity contribution in [3.63, 3.8) is 0 Å². The van der Waals surface area contributed by atoms with Gasteiger partial charge in [0.15, 0.2) is 0 Å². The molecule has 4 heteroatoms. The molecule has 0 spiro atoms. The maximum absolute atomic E-state index is 8.53. The van der Waals surface area contributed by atoms with Crippen molar-refractivity contribution in [2.75, 3.05) is 0 Å². The second kappa shape index (κ2) is 4.44. The molecule has 0 saturated carbocycles. The molecule has 0 saturated heterocycles. The van der Waals surface area contributed by atoms with Crippen LogP contribution in [0.3, 0.4) is 0 Å². The van der Waals surface area contributed by atoms with Gasteiger partial charge in [0.05, 0.1) is 0 Å². The molecule has 0 aromatic rings. The van der Waals surface area contributed by atoms with Crippen LogP contribution in [-0.4, -0.2) is 29.5 Å². The van der Waals surface area contributed by atoms with Crippen molar-refractivity contribution in [3.8, 4) is 0 Å². The van der Waals surface area contributed by atoms with Crippen molar-refractivity contribution in [2.45, 2.75) is 6.48 Å². The molecule has 5 heavy (non-hydrogen) atoms. The molecule has 0 aliphatic rings. The molecule has 0 aromatic heterocycles. The molecular formula is CH5AsO3-2. The van der Waals surface area contributed by atoms with Crippen LogP contribution in [0.2, 0.25) is 0 Å². The van der Waals surface area contributed by atoms with Crippen LogP contribution < -0.4 is 10.2 Å². The van der Waals surface area contributed by atoms with E-state index in [1.54, 1.807) is 0 Å². The molecule has 0 fully saturated rings. The standard InChI is InChI=1S/CH2O3.AsH3/c2-1(3)4;/h1-2H;1H3/q-2;. The van der Waals surface area contributed by atoms with E-state index in [1.807, 2.05) is 0 Å². The van der Waals surface area contributed by atoms with Crippen molar-refractivity contribution in [1.82, 2.24) is 0 Å². The third-order valence-electron chi connectivity index (χ3n) is 0. The summed E-state index contributed by atoms with van der Waals surface area (Å²) in [6.07, 6.45) is 0. The summed E-state index contributed by atoms with van der Waals surface area (Å²) in [6.45, 7) is -2.67. The van der Waals surface area contributed by atoms with Crippen LogP contribution in [0.4, 0.5) is 0 Å². The molecule has 0 aliphatic heterocycles. The fraction of sp³-hybridized carbons (Fsp3) is 1.00. The smallest absolute Gasteiger partial charge is 0.110 e. The summed E-state index contributed by atoms with van der Waals surface area (Å²) < 4.78 is 0. The summed E-state index contributed by atoms with van der Waals surface area (Å²) in [6, 6.07) is 0. The SMILES string of the molecule is [AsH3].[O-]C([O-])O. The van der Waals surface area contributed by atoms with Gasteiger partial charge in [-0.3, -0.25) is 0 Å². The van der Waals surface area contributed by atoms with Gasteiger partial charge in [0.25, 0.3) is 0 Å². The van der Waals surface area contributed by atoms with Crippen molar-refractivity contribution in [2.24, 2.45) is 0 Å². The molecule has 1 unspecified atom stereocenters. The number of aliphatic hydroxyl groups excluding tert-OH is 1. The first-order chi connectivity index (χ1) is 1.73. The zero-order valence-electron chi connectivity index (χ0n) is 2.55. The van der Waals surface area contributed by atoms with E-state index in [1.165, 1.54) is 0 Å². The summed E-state index contributed by atoms with van der Waals surface area (Å²) in [4.78, 5) is 0. The Morgan fingerprint density at radius 3 is 1.40 bits per heavy atom. The van der Waals surface area contributed by atoms with Gasteiger partial charge in [-0.25, -0.2) is 0 Å². The van der Waals surface area contributed by atoms with E-state index in [0.717, 1.165) is 0 Å². The predicted octanol–water partition coefficient (Wildman–Crippen LogP) is -4.20. The van der Waals surface area contributed by atoms with Crippen molar-refractivity contribution >= 4 is 18.0 Å². The number of aliphatic hydroxyl groups is 1.